The second-order valence-corrected chi connectivity index (χ2v) is 17.0. The predicted octanol–water partition coefficient (Wildman–Crippen LogP) is 1.86. The number of hydrogen-bond donors (Lipinski definition) is 7. The van der Waals surface area contributed by atoms with Crippen LogP contribution in [0, 0.1) is 23.2 Å². The van der Waals surface area contributed by atoms with E-state index in [4.69, 9.17) is 19.3 Å². The fourth-order valence-electron chi connectivity index (χ4n) is 9.92. The molecule has 0 aromatic heterocycles. The van der Waals surface area contributed by atoms with Crippen molar-refractivity contribution in [2.75, 3.05) is 65.7 Å². The molecule has 1 aromatic rings. The molecule has 320 valence electrons. The van der Waals surface area contributed by atoms with Gasteiger partial charge in [-0.25, -0.2) is 4.79 Å². The maximum atomic E-state index is 13.0. The number of ether oxygens (including phenoxy) is 3. The molecule has 15 heteroatoms. The largest absolute Gasteiger partial charge is 0.490 e. The van der Waals surface area contributed by atoms with E-state index < -0.39 is 37.1 Å². The van der Waals surface area contributed by atoms with Gasteiger partial charge in [-0.15, -0.1) is 0 Å². The van der Waals surface area contributed by atoms with Crippen molar-refractivity contribution in [3.63, 3.8) is 0 Å². The van der Waals surface area contributed by atoms with Crippen molar-refractivity contribution in [1.82, 2.24) is 20.4 Å². The minimum atomic E-state index is -1.65. The first-order valence-electron chi connectivity index (χ1n) is 21.2. The molecule has 5 fully saturated rings. The molecule has 4 saturated carbocycles. The Morgan fingerprint density at radius 3 is 2.42 bits per heavy atom. The number of carbonyl (C=O) groups excluding carboxylic acids is 2. The number of aliphatic hydroxyl groups excluding tert-OH is 5. The number of nitrogens with one attached hydrogen (secondary N) is 2. The predicted molar refractivity (Wildman–Crippen MR) is 211 cm³/mol. The SMILES string of the molecule is CCCCCCN(CCc1ccc(OCCOC(=O)NCCOC23CC4CC(CC(NCC(=O)N5CCC[C@H]5C#N)(C4)C2)C3)cc1)C[C@H](O)[C@@H](O)[C@H](O)[C@H](O)CO. The van der Waals surface area contributed by atoms with E-state index in [1.54, 1.807) is 4.90 Å². The number of unbranched alkanes of at least 4 members (excludes halogenated alkanes) is 3. The standard InChI is InChI=1S/C42H67N5O10/c1-2-3-4-5-14-46(27-35(49)38(52)39(53)36(50)28-48)16-12-30-8-10-34(11-9-30)55-18-19-56-40(54)44-13-17-57-42-23-31-20-32(24-42)22-41(21-31,29-42)45-26-37(51)47-15-6-7-33(47)25-43/h8-11,31-33,35-36,38-39,45,48-50,52-53H,2-7,12-24,26-29H2,1H3,(H,44,54)/t31?,32?,33-,35-,36+,38+,39+,41?,42?/m0/s1. The number of rotatable bonds is 25. The number of benzene rings is 1. The van der Waals surface area contributed by atoms with Crippen molar-refractivity contribution in [3.05, 3.63) is 29.8 Å². The lowest BCUT2D eigenvalue weighted by Gasteiger charge is -2.62. The van der Waals surface area contributed by atoms with Crippen molar-refractivity contribution < 1.29 is 49.3 Å². The van der Waals surface area contributed by atoms with Gasteiger partial charge in [0, 0.05) is 31.7 Å². The summed E-state index contributed by atoms with van der Waals surface area (Å²) in [4.78, 5) is 29.1. The van der Waals surface area contributed by atoms with E-state index in [1.807, 2.05) is 29.2 Å². The lowest BCUT2D eigenvalue weighted by molar-refractivity contribution is -0.175. The Kier molecular flexibility index (Phi) is 17.2. The average Bonchev–Trinajstić information content (AvgIpc) is 3.69. The zero-order valence-electron chi connectivity index (χ0n) is 33.7. The molecule has 15 nitrogen and oxygen atoms in total. The summed E-state index contributed by atoms with van der Waals surface area (Å²) in [6, 6.07) is 9.55. The minimum absolute atomic E-state index is 0.00850. The molecule has 2 unspecified atom stereocenters. The Hall–Kier alpha value is -3.07. The van der Waals surface area contributed by atoms with Gasteiger partial charge < -0.3 is 60.2 Å². The summed E-state index contributed by atoms with van der Waals surface area (Å²) in [5.74, 6) is 1.76. The van der Waals surface area contributed by atoms with Crippen LogP contribution in [0.3, 0.4) is 0 Å². The van der Waals surface area contributed by atoms with Crippen LogP contribution < -0.4 is 15.4 Å². The summed E-state index contributed by atoms with van der Waals surface area (Å²) in [6.45, 7) is 4.71. The number of likely N-dealkylation sites (tertiary alicyclic amines) is 1. The highest BCUT2D eigenvalue weighted by molar-refractivity contribution is 5.79. The Bertz CT molecular complexity index is 1430. The fraction of sp³-hybridized carbons (Fsp3) is 0.786. The van der Waals surface area contributed by atoms with Gasteiger partial charge in [0.1, 0.15) is 43.3 Å². The number of hydrogen-bond acceptors (Lipinski definition) is 13. The van der Waals surface area contributed by atoms with E-state index in [0.29, 0.717) is 56.8 Å². The van der Waals surface area contributed by atoms with Gasteiger partial charge in [0.05, 0.1) is 37.5 Å². The lowest BCUT2D eigenvalue weighted by Crippen LogP contribution is -2.66. The molecule has 2 amide bonds. The first-order chi connectivity index (χ1) is 27.5. The van der Waals surface area contributed by atoms with E-state index in [2.05, 4.69) is 23.6 Å². The first-order valence-corrected chi connectivity index (χ1v) is 21.2. The van der Waals surface area contributed by atoms with E-state index in [-0.39, 0.29) is 49.4 Å². The molecular formula is C42H67N5O10. The monoisotopic (exact) mass is 801 g/mol. The normalized spacial score (nSPS) is 27.2. The molecule has 4 aliphatic carbocycles. The van der Waals surface area contributed by atoms with Gasteiger partial charge in [0.25, 0.3) is 0 Å². The Morgan fingerprint density at radius 2 is 1.72 bits per heavy atom. The van der Waals surface area contributed by atoms with Crippen LogP contribution in [-0.2, 0) is 20.7 Å². The molecule has 0 radical (unpaired) electrons. The number of nitriles is 1. The van der Waals surface area contributed by atoms with Crippen LogP contribution in [0.25, 0.3) is 0 Å². The molecule has 1 saturated heterocycles. The molecule has 1 aliphatic heterocycles. The molecule has 7 N–H and O–H groups in total. The molecule has 1 aromatic carbocycles. The minimum Gasteiger partial charge on any atom is -0.490 e. The Balaban J connectivity index is 0.969. The molecule has 5 aliphatic rings. The van der Waals surface area contributed by atoms with Gasteiger partial charge in [-0.1, -0.05) is 38.3 Å². The third-order valence-corrected chi connectivity index (χ3v) is 12.4. The van der Waals surface area contributed by atoms with Gasteiger partial charge in [0.15, 0.2) is 0 Å². The third-order valence-electron chi connectivity index (χ3n) is 12.4. The summed E-state index contributed by atoms with van der Waals surface area (Å²) >= 11 is 0. The number of amides is 2. The van der Waals surface area contributed by atoms with Crippen molar-refractivity contribution in [3.8, 4) is 11.8 Å². The van der Waals surface area contributed by atoms with Crippen molar-refractivity contribution in [1.29, 1.82) is 5.26 Å². The fourth-order valence-corrected chi connectivity index (χ4v) is 9.92. The average molecular weight is 802 g/mol. The van der Waals surface area contributed by atoms with E-state index in [1.165, 1.54) is 6.42 Å². The lowest BCUT2D eigenvalue weighted by atomic mass is 9.51. The van der Waals surface area contributed by atoms with Crippen LogP contribution in [0.5, 0.6) is 5.75 Å². The first kappa shape index (κ1) is 45.0. The zero-order chi connectivity index (χ0) is 40.8. The Morgan fingerprint density at radius 1 is 0.982 bits per heavy atom. The summed E-state index contributed by atoms with van der Waals surface area (Å²) < 4.78 is 17.6. The number of carbonyl (C=O) groups is 2. The maximum Gasteiger partial charge on any atom is 0.407 e. The van der Waals surface area contributed by atoms with Crippen LogP contribution in [0.4, 0.5) is 4.79 Å². The number of alkyl carbamates (subject to hydrolysis) is 1. The highest BCUT2D eigenvalue weighted by Crippen LogP contribution is 2.58. The summed E-state index contributed by atoms with van der Waals surface area (Å²) in [5.41, 5.74) is 0.666. The van der Waals surface area contributed by atoms with Crippen molar-refractivity contribution in [2.24, 2.45) is 11.8 Å². The summed E-state index contributed by atoms with van der Waals surface area (Å²) in [7, 11) is 0. The summed E-state index contributed by atoms with van der Waals surface area (Å²) in [5, 5.41) is 65.5. The van der Waals surface area contributed by atoms with Gasteiger partial charge in [-0.2, -0.15) is 5.26 Å². The molecule has 6 rings (SSSR count). The van der Waals surface area contributed by atoms with Gasteiger partial charge in [-0.05, 0) is 100 Å². The summed E-state index contributed by atoms with van der Waals surface area (Å²) in [6.07, 6.45) is 6.01. The topological polar surface area (TPSA) is 217 Å². The van der Waals surface area contributed by atoms with Gasteiger partial charge >= 0.3 is 6.09 Å². The van der Waals surface area contributed by atoms with E-state index in [9.17, 15) is 35.3 Å². The van der Waals surface area contributed by atoms with Crippen LogP contribution in [0.1, 0.15) is 89.5 Å². The maximum absolute atomic E-state index is 13.0. The van der Waals surface area contributed by atoms with Gasteiger partial charge in [-0.3, -0.25) is 4.79 Å². The van der Waals surface area contributed by atoms with E-state index in [0.717, 1.165) is 76.2 Å². The highest BCUT2D eigenvalue weighted by atomic mass is 16.6. The number of aliphatic hydroxyl groups is 5. The third kappa shape index (κ3) is 13.0. The molecule has 57 heavy (non-hydrogen) atoms. The number of nitrogens with zero attached hydrogens (tertiary/aromatic N) is 3. The second kappa shape index (κ2) is 21.8. The highest BCUT2D eigenvalue weighted by Gasteiger charge is 2.58. The van der Waals surface area contributed by atoms with Crippen LogP contribution in [-0.4, -0.2) is 155 Å². The van der Waals surface area contributed by atoms with Crippen LogP contribution in [0.2, 0.25) is 0 Å². The molecule has 4 bridgehead atoms. The van der Waals surface area contributed by atoms with Gasteiger partial charge in [0.2, 0.25) is 5.91 Å². The van der Waals surface area contributed by atoms with Crippen LogP contribution >= 0.6 is 0 Å². The Labute approximate surface area is 337 Å². The molecule has 7 atom stereocenters. The molecular weight excluding hydrogens is 734 g/mol. The quantitative estimate of drug-likeness (QED) is 0.0704. The zero-order valence-corrected chi connectivity index (χ0v) is 33.7. The second-order valence-electron chi connectivity index (χ2n) is 17.0. The smallest absolute Gasteiger partial charge is 0.407 e. The van der Waals surface area contributed by atoms with Crippen LogP contribution in [0.15, 0.2) is 24.3 Å². The molecule has 1 heterocycles. The van der Waals surface area contributed by atoms with Crippen molar-refractivity contribution in [2.45, 2.75) is 132 Å². The van der Waals surface area contributed by atoms with Crippen molar-refractivity contribution >= 4 is 12.0 Å². The van der Waals surface area contributed by atoms with E-state index >= 15 is 0 Å². The molecule has 0 spiro atoms.